The molecule has 2 aliphatic heterocycles. The minimum absolute atomic E-state index is 0.162. The Bertz CT molecular complexity index is 1480. The van der Waals surface area contributed by atoms with Gasteiger partial charge in [0, 0.05) is 34.5 Å². The Kier molecular flexibility index (Phi) is 8.24. The average molecular weight is 649 g/mol. The Morgan fingerprint density at radius 1 is 1.27 bits per heavy atom. The lowest BCUT2D eigenvalue weighted by molar-refractivity contribution is -0.139. The Labute approximate surface area is 250 Å². The Morgan fingerprint density at radius 3 is 2.71 bits per heavy atom. The standard InChI is InChI=1S/C27H34BrN7O5S/c1-15(35(26(37)38)27(2,3)4)24(36)33-8-5-6-16(12-33)7-9-34-23-21(22(29)30-13-31-23)32-25(34)41-20-11-19-18(10-17(20)28)39-14-40-19/h10-11,13,15-16H,5-9,12,14H2,1-4H3,(H,37,38)(H2,29,30,31)/t15-,16?/m1/s1. The van der Waals surface area contributed by atoms with Crippen molar-refractivity contribution in [3.05, 3.63) is 22.9 Å². The van der Waals surface area contributed by atoms with E-state index in [1.807, 2.05) is 21.6 Å². The topological polar surface area (TPSA) is 149 Å². The van der Waals surface area contributed by atoms with E-state index in [0.717, 1.165) is 28.6 Å². The number of rotatable bonds is 7. The molecule has 3 aromatic rings. The number of nitrogen functional groups attached to an aromatic ring is 1. The maximum Gasteiger partial charge on any atom is 0.408 e. The number of hydrogen-bond acceptors (Lipinski definition) is 9. The molecular formula is C27H34BrN7O5S. The van der Waals surface area contributed by atoms with Gasteiger partial charge >= 0.3 is 6.09 Å². The zero-order valence-electron chi connectivity index (χ0n) is 23.5. The molecule has 2 atom stereocenters. The summed E-state index contributed by atoms with van der Waals surface area (Å²) in [4.78, 5) is 42.7. The molecule has 1 fully saturated rings. The van der Waals surface area contributed by atoms with Gasteiger partial charge in [-0.3, -0.25) is 9.69 Å². The van der Waals surface area contributed by atoms with Crippen LogP contribution in [0.25, 0.3) is 11.2 Å². The predicted molar refractivity (Wildman–Crippen MR) is 157 cm³/mol. The molecule has 2 aliphatic rings. The number of carbonyl (C=O) groups is 2. The number of aryl methyl sites for hydroxylation is 1. The SMILES string of the molecule is C[C@H](C(=O)N1CCCC(CCn2c(Sc3cc4c(cc3Br)OCO4)nc3c(N)ncnc32)C1)N(C(=O)O)C(C)(C)C. The summed E-state index contributed by atoms with van der Waals surface area (Å²) in [5, 5.41) is 10.5. The van der Waals surface area contributed by atoms with Crippen molar-refractivity contribution in [2.75, 3.05) is 25.6 Å². The van der Waals surface area contributed by atoms with Gasteiger partial charge in [-0.15, -0.1) is 0 Å². The first-order valence-corrected chi connectivity index (χ1v) is 15.1. The average Bonchev–Trinajstić information content (AvgIpc) is 3.50. The molecule has 41 heavy (non-hydrogen) atoms. The highest BCUT2D eigenvalue weighted by Gasteiger charge is 2.37. The van der Waals surface area contributed by atoms with E-state index >= 15 is 0 Å². The fourth-order valence-electron chi connectivity index (χ4n) is 5.51. The number of benzene rings is 1. The summed E-state index contributed by atoms with van der Waals surface area (Å²) in [6, 6.07) is 3.03. The summed E-state index contributed by atoms with van der Waals surface area (Å²) >= 11 is 5.10. The van der Waals surface area contributed by atoms with Crippen LogP contribution in [0, 0.1) is 5.92 Å². The van der Waals surface area contributed by atoms with Crippen LogP contribution >= 0.6 is 27.7 Å². The van der Waals surface area contributed by atoms with Crippen LogP contribution in [0.5, 0.6) is 11.5 Å². The fourth-order valence-corrected chi connectivity index (χ4v) is 7.02. The predicted octanol–water partition coefficient (Wildman–Crippen LogP) is 4.85. The van der Waals surface area contributed by atoms with Crippen molar-refractivity contribution in [3.63, 3.8) is 0 Å². The highest BCUT2D eigenvalue weighted by Crippen LogP contribution is 2.43. The highest BCUT2D eigenvalue weighted by molar-refractivity contribution is 9.10. The molecule has 4 heterocycles. The minimum Gasteiger partial charge on any atom is -0.465 e. The van der Waals surface area contributed by atoms with E-state index in [0.29, 0.717) is 53.3 Å². The molecule has 2 aromatic heterocycles. The molecule has 0 aliphatic carbocycles. The van der Waals surface area contributed by atoms with Crippen LogP contribution in [0.15, 0.2) is 33.0 Å². The van der Waals surface area contributed by atoms with Gasteiger partial charge in [0.2, 0.25) is 12.7 Å². The Hall–Kier alpha value is -3.26. The van der Waals surface area contributed by atoms with Gasteiger partial charge in [-0.25, -0.2) is 19.7 Å². The van der Waals surface area contributed by atoms with Crippen molar-refractivity contribution < 1.29 is 24.2 Å². The molecule has 12 nitrogen and oxygen atoms in total. The summed E-state index contributed by atoms with van der Waals surface area (Å²) in [7, 11) is 0. The Morgan fingerprint density at radius 2 is 2.00 bits per heavy atom. The van der Waals surface area contributed by atoms with E-state index in [2.05, 4.69) is 25.9 Å². The summed E-state index contributed by atoms with van der Waals surface area (Å²) in [5.41, 5.74) is 6.66. The number of piperidine rings is 1. The van der Waals surface area contributed by atoms with Crippen molar-refractivity contribution >= 4 is 56.7 Å². The molecule has 1 unspecified atom stereocenters. The summed E-state index contributed by atoms with van der Waals surface area (Å²) < 4.78 is 13.9. The van der Waals surface area contributed by atoms with Gasteiger partial charge in [-0.2, -0.15) is 0 Å². The van der Waals surface area contributed by atoms with Crippen LogP contribution in [0.2, 0.25) is 0 Å². The van der Waals surface area contributed by atoms with Crippen LogP contribution in [-0.4, -0.2) is 77.9 Å². The number of likely N-dealkylation sites (tertiary alicyclic amines) is 1. The maximum atomic E-state index is 13.4. The van der Waals surface area contributed by atoms with E-state index in [1.165, 1.54) is 23.0 Å². The number of aromatic nitrogens is 4. The first kappa shape index (κ1) is 29.2. The van der Waals surface area contributed by atoms with Gasteiger partial charge in [0.25, 0.3) is 0 Å². The maximum absolute atomic E-state index is 13.4. The third kappa shape index (κ3) is 6.03. The molecular weight excluding hydrogens is 614 g/mol. The van der Waals surface area contributed by atoms with Crippen molar-refractivity contribution in [2.24, 2.45) is 5.92 Å². The van der Waals surface area contributed by atoms with Crippen LogP contribution in [-0.2, 0) is 11.3 Å². The van der Waals surface area contributed by atoms with Crippen molar-refractivity contribution in [3.8, 4) is 11.5 Å². The molecule has 14 heteroatoms. The third-order valence-electron chi connectivity index (χ3n) is 7.42. The molecule has 0 saturated carbocycles. The van der Waals surface area contributed by atoms with Crippen molar-refractivity contribution in [1.29, 1.82) is 0 Å². The number of imidazole rings is 1. The lowest BCUT2D eigenvalue weighted by Crippen LogP contribution is -2.57. The summed E-state index contributed by atoms with van der Waals surface area (Å²) in [5.74, 6) is 1.74. The van der Waals surface area contributed by atoms with Crippen LogP contribution in [0.4, 0.5) is 10.6 Å². The number of carbonyl (C=O) groups excluding carboxylic acids is 1. The van der Waals surface area contributed by atoms with Crippen LogP contribution < -0.4 is 15.2 Å². The van der Waals surface area contributed by atoms with Crippen LogP contribution in [0.1, 0.15) is 47.0 Å². The number of halogens is 1. The second-order valence-electron chi connectivity index (χ2n) is 11.3. The molecule has 220 valence electrons. The van der Waals surface area contributed by atoms with Gasteiger partial charge in [-0.05, 0) is 80.9 Å². The number of fused-ring (bicyclic) bond motifs is 2. The number of anilines is 1. The summed E-state index contributed by atoms with van der Waals surface area (Å²) in [6.07, 6.45) is 2.95. The van der Waals surface area contributed by atoms with E-state index in [-0.39, 0.29) is 18.6 Å². The van der Waals surface area contributed by atoms with E-state index in [1.54, 1.807) is 27.7 Å². The molecule has 0 radical (unpaired) electrons. The summed E-state index contributed by atoms with van der Waals surface area (Å²) in [6.45, 7) is 9.06. The monoisotopic (exact) mass is 647 g/mol. The lowest BCUT2D eigenvalue weighted by atomic mass is 9.94. The van der Waals surface area contributed by atoms with E-state index in [9.17, 15) is 14.7 Å². The number of nitrogens with two attached hydrogens (primary N) is 1. The lowest BCUT2D eigenvalue weighted by Gasteiger charge is -2.41. The molecule has 1 aromatic carbocycles. The quantitative estimate of drug-likeness (QED) is 0.364. The first-order valence-electron chi connectivity index (χ1n) is 13.5. The number of hydrogen-bond donors (Lipinski definition) is 2. The zero-order valence-corrected chi connectivity index (χ0v) is 25.9. The zero-order chi connectivity index (χ0) is 29.5. The third-order valence-corrected chi connectivity index (χ3v) is 9.39. The molecule has 0 bridgehead atoms. The van der Waals surface area contributed by atoms with Gasteiger partial charge in [0.1, 0.15) is 12.4 Å². The molecule has 1 saturated heterocycles. The number of carboxylic acid groups (broad SMARTS) is 1. The fraction of sp³-hybridized carbons (Fsp3) is 0.519. The van der Waals surface area contributed by atoms with E-state index < -0.39 is 17.7 Å². The molecule has 3 N–H and O–H groups in total. The van der Waals surface area contributed by atoms with Crippen LogP contribution in [0.3, 0.4) is 0 Å². The van der Waals surface area contributed by atoms with E-state index in [4.69, 9.17) is 20.2 Å². The molecule has 5 rings (SSSR count). The molecule has 0 spiro atoms. The minimum atomic E-state index is -1.10. The van der Waals surface area contributed by atoms with Gasteiger partial charge in [-0.1, -0.05) is 11.8 Å². The smallest absolute Gasteiger partial charge is 0.408 e. The van der Waals surface area contributed by atoms with Gasteiger partial charge in [0.15, 0.2) is 33.6 Å². The first-order chi connectivity index (χ1) is 19.4. The van der Waals surface area contributed by atoms with Gasteiger partial charge < -0.3 is 29.8 Å². The highest BCUT2D eigenvalue weighted by atomic mass is 79.9. The van der Waals surface area contributed by atoms with Gasteiger partial charge in [0.05, 0.1) is 0 Å². The van der Waals surface area contributed by atoms with Crippen molar-refractivity contribution in [2.45, 2.75) is 75.1 Å². The number of ether oxygens (including phenoxy) is 2. The largest absolute Gasteiger partial charge is 0.465 e. The normalized spacial score (nSPS) is 17.6. The molecule has 2 amide bonds. The van der Waals surface area contributed by atoms with Crippen molar-refractivity contribution in [1.82, 2.24) is 29.3 Å². The number of amides is 2. The second-order valence-corrected chi connectivity index (χ2v) is 13.2. The number of nitrogens with zero attached hydrogens (tertiary/aromatic N) is 6. The second kappa shape index (κ2) is 11.6. The Balaban J connectivity index is 1.34.